The van der Waals surface area contributed by atoms with Crippen molar-refractivity contribution in [2.45, 2.75) is 46.2 Å². The van der Waals surface area contributed by atoms with Gasteiger partial charge in [0.2, 0.25) is 0 Å². The molecule has 9 aromatic carbocycles. The van der Waals surface area contributed by atoms with E-state index in [1.54, 1.807) is 24.3 Å². The summed E-state index contributed by atoms with van der Waals surface area (Å²) < 4.78 is 76.6. The zero-order valence-electron chi connectivity index (χ0n) is 53.2. The molecule has 0 N–H and O–H groups in total. The number of ether oxygens (including phenoxy) is 3. The number of alkyl halides is 3. The van der Waals surface area contributed by atoms with Gasteiger partial charge in [-0.05, 0) is 105 Å². The number of halogens is 3. The molecule has 0 fully saturated rings. The quantitative estimate of drug-likeness (QED) is 0.0228. The number of benzene rings is 9. The van der Waals surface area contributed by atoms with Crippen LogP contribution in [0.5, 0.6) is 5.75 Å². The number of rotatable bonds is 26. The lowest BCUT2D eigenvalue weighted by Crippen LogP contribution is -2.69. The first kappa shape index (κ1) is 66.8. The number of thiophene rings is 2. The molecule has 1 aliphatic rings. The third kappa shape index (κ3) is 13.9. The highest BCUT2D eigenvalue weighted by molar-refractivity contribution is 8.33. The van der Waals surface area contributed by atoms with E-state index in [1.807, 2.05) is 66.7 Å². The molecule has 0 spiro atoms. The molecule has 15 heteroatoms. The van der Waals surface area contributed by atoms with E-state index >= 15 is 13.2 Å². The predicted octanol–water partition coefficient (Wildman–Crippen LogP) is 19.0. The van der Waals surface area contributed by atoms with Crippen molar-refractivity contribution < 1.29 is 31.8 Å². The first-order chi connectivity index (χ1) is 47.5. The van der Waals surface area contributed by atoms with Crippen molar-refractivity contribution in [3.63, 3.8) is 0 Å². The highest BCUT2D eigenvalue weighted by Crippen LogP contribution is 2.68. The van der Waals surface area contributed by atoms with Gasteiger partial charge in [0.25, 0.3) is 13.9 Å². The van der Waals surface area contributed by atoms with Crippen LogP contribution in [0.15, 0.2) is 310 Å². The topological polar surface area (TPSA) is 112 Å². The summed E-state index contributed by atoms with van der Waals surface area (Å²) in [5, 5.41) is 33.8. The summed E-state index contributed by atoms with van der Waals surface area (Å²) in [4.78, 5) is 7.48. The molecule has 1 unspecified atom stereocenters. The second-order valence-electron chi connectivity index (χ2n) is 23.0. The molecule has 0 bridgehead atoms. The molecule has 8 nitrogen and oxygen atoms in total. The molecule has 12 rings (SSSR count). The molecule has 2 aromatic heterocycles. The second-order valence-corrected chi connectivity index (χ2v) is 31.6. The Balaban J connectivity index is 0.850. The monoisotopic (exact) mass is 1350 g/mol. The zero-order chi connectivity index (χ0) is 67.1. The Morgan fingerprint density at radius 1 is 0.577 bits per heavy atom. The molecule has 1 aliphatic heterocycles. The summed E-state index contributed by atoms with van der Waals surface area (Å²) in [5.74, 6) is 0.416. The van der Waals surface area contributed by atoms with Crippen LogP contribution in [0, 0.1) is 34.0 Å². The maximum Gasteiger partial charge on any atom is 0.437 e. The minimum atomic E-state index is -5.16. The van der Waals surface area contributed by atoms with Gasteiger partial charge in [0.1, 0.15) is 23.8 Å². The van der Waals surface area contributed by atoms with Gasteiger partial charge in [0.05, 0.1) is 40.0 Å². The van der Waals surface area contributed by atoms with Gasteiger partial charge in [-0.2, -0.15) is 29.0 Å². The highest BCUT2D eigenvalue weighted by atomic mass is 32.3. The molecule has 0 aliphatic carbocycles. The predicted molar refractivity (Wildman–Crippen MR) is 391 cm³/mol. The van der Waals surface area contributed by atoms with E-state index in [0.29, 0.717) is 55.0 Å². The second kappa shape index (κ2) is 30.7. The van der Waals surface area contributed by atoms with Crippen LogP contribution in [0.1, 0.15) is 40.6 Å². The number of fused-ring (bicyclic) bond motifs is 1. The van der Waals surface area contributed by atoms with E-state index in [4.69, 9.17) is 18.6 Å². The van der Waals surface area contributed by atoms with E-state index in [-0.39, 0.29) is 5.56 Å². The minimum Gasteiger partial charge on any atom is -0.491 e. The lowest BCUT2D eigenvalue weighted by atomic mass is 9.83. The third-order valence-electron chi connectivity index (χ3n) is 17.1. The Kier molecular flexibility index (Phi) is 21.1. The summed E-state index contributed by atoms with van der Waals surface area (Å²) in [5.41, 5.74) is -2.01. The molecule has 0 saturated carbocycles. The average Bonchev–Trinajstić information content (AvgIpc) is 1.45. The van der Waals surface area contributed by atoms with E-state index < -0.39 is 52.6 Å². The van der Waals surface area contributed by atoms with Gasteiger partial charge in [-0.1, -0.05) is 238 Å². The van der Waals surface area contributed by atoms with Crippen molar-refractivity contribution >= 4 is 89.9 Å². The van der Waals surface area contributed by atoms with Crippen LogP contribution >= 0.6 is 32.7 Å². The number of nitriles is 3. The van der Waals surface area contributed by atoms with Gasteiger partial charge in [-0.25, -0.2) is 0 Å². The number of anilines is 1. The van der Waals surface area contributed by atoms with Crippen LogP contribution in [0.3, 0.4) is 0 Å². The van der Waals surface area contributed by atoms with E-state index in [9.17, 15) is 15.8 Å². The molecular weight excluding hydrogens is 1290 g/mol. The number of nitrogens with zero attached hydrogens (tertiary/aromatic N) is 4. The Hall–Kier alpha value is -10.3. The first-order valence-corrected chi connectivity index (χ1v) is 37.2. The third-order valence-corrected chi connectivity index (χ3v) is 27.3. The van der Waals surface area contributed by atoms with Crippen LogP contribution in [-0.4, -0.2) is 53.3 Å². The fourth-order valence-corrected chi connectivity index (χ4v) is 22.0. The fourth-order valence-electron chi connectivity index (χ4n) is 12.3. The van der Waals surface area contributed by atoms with Gasteiger partial charge >= 0.3 is 6.18 Å². The number of unbranched alkanes of at least 4 members (excludes halogenated alkanes) is 1. The first-order valence-electron chi connectivity index (χ1n) is 31.9. The maximum absolute atomic E-state index is 16.0. The summed E-state index contributed by atoms with van der Waals surface area (Å²) >= 11 is 2.85. The molecule has 482 valence electrons. The van der Waals surface area contributed by atoms with Gasteiger partial charge in [-0.3, -0.25) is 0 Å². The standard InChI is InChI=1S/C82H67F3N4O4S3Si/c1-2-3-53-91-79-76(95-77-56-67(94-80(77)79)48-49-75-74(59-88)78(64(57-86)58-87)93-81(75,82(83,84)85)65-44-42-63(43-45-65)62-25-11-4-12-26-62)50-41-61-39-46-66(47-40-61)89(52-55-92-97(71-33-19-8-20-34-71,72-35-21-9-22-36-72)73-37-23-10-24-38-73)51-54-90-60-96(68-27-13-5-14-28-68,69-29-15-6-16-30-69)70-31-17-7-18-32-70/h4-50,56H,2-3,51-55,60H2,1H3/b49-48+,50-41+. The highest BCUT2D eigenvalue weighted by Gasteiger charge is 2.65. The van der Waals surface area contributed by atoms with Crippen molar-refractivity contribution in [2.75, 3.05) is 43.7 Å². The Morgan fingerprint density at radius 3 is 1.59 bits per heavy atom. The van der Waals surface area contributed by atoms with Crippen LogP contribution < -0.4 is 25.2 Å². The Labute approximate surface area is 575 Å². The van der Waals surface area contributed by atoms with Crippen LogP contribution in [0.25, 0.3) is 38.8 Å². The zero-order valence-corrected chi connectivity index (χ0v) is 56.6. The van der Waals surface area contributed by atoms with Crippen molar-refractivity contribution in [2.24, 2.45) is 0 Å². The van der Waals surface area contributed by atoms with Crippen LogP contribution in [0.4, 0.5) is 18.9 Å². The van der Waals surface area contributed by atoms with Gasteiger partial charge < -0.3 is 23.5 Å². The molecule has 1 atom stereocenters. The minimum absolute atomic E-state index is 0.325. The molecule has 11 aromatic rings. The summed E-state index contributed by atoms with van der Waals surface area (Å²) in [6, 6.07) is 94.5. The van der Waals surface area contributed by atoms with E-state index in [2.05, 4.69) is 206 Å². The van der Waals surface area contributed by atoms with Crippen molar-refractivity contribution in [1.82, 2.24) is 0 Å². The van der Waals surface area contributed by atoms with Gasteiger partial charge in [0.15, 0.2) is 17.1 Å². The maximum atomic E-state index is 16.0. The van der Waals surface area contributed by atoms with Gasteiger partial charge in [0, 0.05) is 49.5 Å². The molecular formula is C82H67F3N4O4S3Si. The van der Waals surface area contributed by atoms with Crippen LogP contribution in [0.2, 0.25) is 0 Å². The van der Waals surface area contributed by atoms with Crippen LogP contribution in [-0.2, 0) is 19.5 Å². The Morgan fingerprint density at radius 2 is 1.08 bits per heavy atom. The average molecular weight is 1350 g/mol. The SMILES string of the molecule is CCCCOc1c(/C=C/c2ccc(N(CCOCS(c3ccccc3)(c3ccccc3)c3ccccc3)CCO[Si](c3ccccc3)(c3ccccc3)c3ccccc3)cc2)sc2cc(/C=C/C3=C(C#N)C(=C(C#N)C#N)OC3(c3ccc(-c4ccccc4)cc3)C(F)(F)F)sc12. The summed E-state index contributed by atoms with van der Waals surface area (Å²) in [6.07, 6.45) is 3.38. The van der Waals surface area contributed by atoms with E-state index in [0.717, 1.165) is 59.5 Å². The van der Waals surface area contributed by atoms with Gasteiger partial charge in [-0.15, -0.1) is 32.7 Å². The number of allylic oxidation sites excluding steroid dienone is 2. The smallest absolute Gasteiger partial charge is 0.437 e. The lowest BCUT2D eigenvalue weighted by Gasteiger charge is -2.41. The molecule has 0 radical (unpaired) electrons. The number of hydrogen-bond acceptors (Lipinski definition) is 10. The molecule has 0 amide bonds. The molecule has 0 saturated heterocycles. The molecule has 97 heavy (non-hydrogen) atoms. The normalized spacial score (nSPS) is 14.3. The lowest BCUT2D eigenvalue weighted by molar-refractivity contribution is -0.249. The largest absolute Gasteiger partial charge is 0.491 e. The summed E-state index contributed by atoms with van der Waals surface area (Å²) in [7, 11) is -4.91. The van der Waals surface area contributed by atoms with Crippen molar-refractivity contribution in [3.05, 3.63) is 316 Å². The Bertz CT molecular complexity index is 4520. The van der Waals surface area contributed by atoms with Crippen molar-refractivity contribution in [3.8, 4) is 35.1 Å². The van der Waals surface area contributed by atoms with E-state index in [1.165, 1.54) is 61.6 Å². The summed E-state index contributed by atoms with van der Waals surface area (Å²) in [6.45, 7) is 4.53. The van der Waals surface area contributed by atoms with Crippen molar-refractivity contribution in [1.29, 1.82) is 15.8 Å². The fraction of sp³-hybridized carbons (Fsp3) is 0.134. The molecule has 3 heterocycles. The number of hydrogen-bond donors (Lipinski definition) is 0.